The lowest BCUT2D eigenvalue weighted by atomic mass is 10.1. The van der Waals surface area contributed by atoms with E-state index in [4.69, 9.17) is 0 Å². The van der Waals surface area contributed by atoms with Gasteiger partial charge in [0, 0.05) is 17.1 Å². The molecule has 2 rings (SSSR count). The van der Waals surface area contributed by atoms with Gasteiger partial charge in [-0.1, -0.05) is 46.3 Å². The number of benzene rings is 2. The molecule has 0 heterocycles. The van der Waals surface area contributed by atoms with E-state index in [1.165, 1.54) is 11.0 Å². The normalized spacial score (nSPS) is 11.9. The van der Waals surface area contributed by atoms with Crippen LogP contribution in [0.5, 0.6) is 0 Å². The molecule has 0 spiro atoms. The summed E-state index contributed by atoms with van der Waals surface area (Å²) in [6, 6.07) is 13.0. The summed E-state index contributed by atoms with van der Waals surface area (Å²) < 4.78 is 14.9. The van der Waals surface area contributed by atoms with Crippen molar-refractivity contribution >= 4 is 27.7 Å². The van der Waals surface area contributed by atoms with Crippen LogP contribution in [0.15, 0.2) is 53.0 Å². The minimum atomic E-state index is -0.675. The van der Waals surface area contributed by atoms with Gasteiger partial charge in [-0.15, -0.1) is 0 Å². The number of rotatable bonds is 7. The van der Waals surface area contributed by atoms with Gasteiger partial charge in [-0.2, -0.15) is 0 Å². The van der Waals surface area contributed by atoms with Gasteiger partial charge in [0.15, 0.2) is 0 Å². The minimum absolute atomic E-state index is 0.0330. The second-order valence-corrected chi connectivity index (χ2v) is 7.67. The third-order valence-corrected chi connectivity index (χ3v) is 4.63. The minimum Gasteiger partial charge on any atom is -0.352 e. The smallest absolute Gasteiger partial charge is 0.242 e. The van der Waals surface area contributed by atoms with Crippen LogP contribution in [0.4, 0.5) is 4.39 Å². The summed E-state index contributed by atoms with van der Waals surface area (Å²) in [6.45, 7) is 5.68. The molecule has 4 nitrogen and oxygen atoms in total. The van der Waals surface area contributed by atoms with Crippen LogP contribution in [0, 0.1) is 5.82 Å². The van der Waals surface area contributed by atoms with Crippen LogP contribution < -0.4 is 5.32 Å². The molecule has 27 heavy (non-hydrogen) atoms. The van der Waals surface area contributed by atoms with Crippen LogP contribution in [0.1, 0.15) is 31.9 Å². The average Bonchev–Trinajstić information content (AvgIpc) is 2.60. The molecule has 6 heteroatoms. The zero-order valence-corrected chi connectivity index (χ0v) is 17.3. The largest absolute Gasteiger partial charge is 0.352 e. The Morgan fingerprint density at radius 2 is 1.81 bits per heavy atom. The Balaban J connectivity index is 2.26. The van der Waals surface area contributed by atoms with E-state index in [9.17, 15) is 14.0 Å². The zero-order valence-electron chi connectivity index (χ0n) is 15.7. The number of nitrogens with one attached hydrogen (secondary N) is 1. The fourth-order valence-corrected chi connectivity index (χ4v) is 3.17. The molecule has 0 bridgehead atoms. The van der Waals surface area contributed by atoms with Gasteiger partial charge in [-0.3, -0.25) is 9.59 Å². The first kappa shape index (κ1) is 21.1. The Hall–Kier alpha value is -2.21. The highest BCUT2D eigenvalue weighted by atomic mass is 79.9. The monoisotopic (exact) mass is 434 g/mol. The molecular weight excluding hydrogens is 411 g/mol. The van der Waals surface area contributed by atoms with Crippen molar-refractivity contribution in [3.63, 3.8) is 0 Å². The van der Waals surface area contributed by atoms with E-state index in [1.807, 2.05) is 38.1 Å². The molecule has 0 fully saturated rings. The van der Waals surface area contributed by atoms with Crippen LogP contribution in [0.25, 0.3) is 0 Å². The molecule has 2 aromatic carbocycles. The highest BCUT2D eigenvalue weighted by Crippen LogP contribution is 2.17. The lowest BCUT2D eigenvalue weighted by Gasteiger charge is -2.29. The number of hydrogen-bond donors (Lipinski definition) is 1. The van der Waals surface area contributed by atoms with E-state index in [2.05, 4.69) is 21.2 Å². The molecule has 1 N–H and O–H groups in total. The maximum absolute atomic E-state index is 14.0. The molecule has 0 aliphatic rings. The Bertz CT molecular complexity index is 810. The van der Waals surface area contributed by atoms with Crippen LogP contribution in [-0.4, -0.2) is 28.8 Å². The van der Waals surface area contributed by atoms with Gasteiger partial charge in [-0.05, 0) is 50.1 Å². The standard InChI is InChI=1S/C21H24BrFN2O2/c1-14(2)24-21(27)15(3)25(13-16-7-6-9-18(22)11-16)20(26)12-17-8-4-5-10-19(17)23/h4-11,14-15H,12-13H2,1-3H3,(H,24,27)/t15-/m1/s1. The SMILES string of the molecule is CC(C)NC(=O)[C@@H](C)N(Cc1cccc(Br)c1)C(=O)Cc1ccccc1F. The topological polar surface area (TPSA) is 49.4 Å². The van der Waals surface area contributed by atoms with Crippen molar-refractivity contribution in [2.75, 3.05) is 0 Å². The molecule has 0 saturated carbocycles. The molecule has 0 aliphatic heterocycles. The van der Waals surface area contributed by atoms with Gasteiger partial charge >= 0.3 is 0 Å². The maximum atomic E-state index is 14.0. The van der Waals surface area contributed by atoms with Gasteiger partial charge in [0.2, 0.25) is 11.8 Å². The van der Waals surface area contributed by atoms with Crippen LogP contribution >= 0.6 is 15.9 Å². The summed E-state index contributed by atoms with van der Waals surface area (Å²) in [6.07, 6.45) is -0.0972. The molecule has 2 aromatic rings. The maximum Gasteiger partial charge on any atom is 0.242 e. The van der Waals surface area contributed by atoms with Crippen molar-refractivity contribution in [1.82, 2.24) is 10.2 Å². The van der Waals surface area contributed by atoms with Gasteiger partial charge in [0.1, 0.15) is 11.9 Å². The van der Waals surface area contributed by atoms with E-state index in [1.54, 1.807) is 25.1 Å². The average molecular weight is 435 g/mol. The molecule has 144 valence electrons. The number of amides is 2. The molecule has 0 aliphatic carbocycles. The number of halogens is 2. The molecule has 0 aromatic heterocycles. The van der Waals surface area contributed by atoms with E-state index in [-0.39, 0.29) is 30.8 Å². The third kappa shape index (κ3) is 6.17. The fraction of sp³-hybridized carbons (Fsp3) is 0.333. The molecule has 1 atom stereocenters. The zero-order chi connectivity index (χ0) is 20.0. The molecule has 0 radical (unpaired) electrons. The van der Waals surface area contributed by atoms with Crippen molar-refractivity contribution in [3.8, 4) is 0 Å². The van der Waals surface area contributed by atoms with Gasteiger partial charge in [-0.25, -0.2) is 4.39 Å². The predicted molar refractivity (Wildman–Crippen MR) is 108 cm³/mol. The summed E-state index contributed by atoms with van der Waals surface area (Å²) in [7, 11) is 0. The fourth-order valence-electron chi connectivity index (χ4n) is 2.73. The lowest BCUT2D eigenvalue weighted by Crippen LogP contribution is -2.49. The van der Waals surface area contributed by atoms with E-state index < -0.39 is 11.9 Å². The second kappa shape index (κ2) is 9.65. The first-order valence-electron chi connectivity index (χ1n) is 8.85. The van der Waals surface area contributed by atoms with Crippen LogP contribution in [-0.2, 0) is 22.6 Å². The second-order valence-electron chi connectivity index (χ2n) is 6.76. The van der Waals surface area contributed by atoms with Crippen LogP contribution in [0.2, 0.25) is 0 Å². The van der Waals surface area contributed by atoms with E-state index in [0.717, 1.165) is 10.0 Å². The lowest BCUT2D eigenvalue weighted by molar-refractivity contribution is -0.140. The Kier molecular flexibility index (Phi) is 7.54. The number of hydrogen-bond acceptors (Lipinski definition) is 2. The Labute approximate surface area is 167 Å². The van der Waals surface area contributed by atoms with Crippen molar-refractivity contribution in [3.05, 3.63) is 69.9 Å². The van der Waals surface area contributed by atoms with E-state index >= 15 is 0 Å². The first-order valence-corrected chi connectivity index (χ1v) is 9.65. The first-order chi connectivity index (χ1) is 12.8. The highest BCUT2D eigenvalue weighted by Gasteiger charge is 2.27. The van der Waals surface area contributed by atoms with Gasteiger partial charge < -0.3 is 10.2 Å². The van der Waals surface area contributed by atoms with Gasteiger partial charge in [0.05, 0.1) is 6.42 Å². The number of nitrogens with zero attached hydrogens (tertiary/aromatic N) is 1. The summed E-state index contributed by atoms with van der Waals surface area (Å²) in [4.78, 5) is 26.9. The Morgan fingerprint density at radius 3 is 2.44 bits per heavy atom. The Morgan fingerprint density at radius 1 is 1.11 bits per heavy atom. The molecular formula is C21H24BrFN2O2. The third-order valence-electron chi connectivity index (χ3n) is 4.14. The van der Waals surface area contributed by atoms with Crippen molar-refractivity contribution in [1.29, 1.82) is 0 Å². The van der Waals surface area contributed by atoms with Crippen molar-refractivity contribution in [2.45, 2.75) is 45.8 Å². The summed E-state index contributed by atoms with van der Waals surface area (Å²) in [5, 5.41) is 2.83. The van der Waals surface area contributed by atoms with Crippen LogP contribution in [0.3, 0.4) is 0 Å². The highest BCUT2D eigenvalue weighted by molar-refractivity contribution is 9.10. The number of carbonyl (C=O) groups excluding carboxylic acids is 2. The number of carbonyl (C=O) groups is 2. The summed E-state index contributed by atoms with van der Waals surface area (Å²) in [5.74, 6) is -0.957. The summed E-state index contributed by atoms with van der Waals surface area (Å²) in [5.41, 5.74) is 1.20. The molecule has 2 amide bonds. The molecule has 0 unspecified atom stereocenters. The predicted octanol–water partition coefficient (Wildman–Crippen LogP) is 4.07. The van der Waals surface area contributed by atoms with E-state index in [0.29, 0.717) is 5.56 Å². The van der Waals surface area contributed by atoms with Crippen molar-refractivity contribution in [2.24, 2.45) is 0 Å². The quantitative estimate of drug-likeness (QED) is 0.713. The summed E-state index contributed by atoms with van der Waals surface area (Å²) >= 11 is 3.42. The van der Waals surface area contributed by atoms with Gasteiger partial charge in [0.25, 0.3) is 0 Å². The van der Waals surface area contributed by atoms with Crippen molar-refractivity contribution < 1.29 is 14.0 Å². The molecule has 0 saturated heterocycles.